The number of alkyl halides is 2. The predicted octanol–water partition coefficient (Wildman–Crippen LogP) is 6.64. The zero-order chi connectivity index (χ0) is 29.1. The number of fused-ring (bicyclic) bond motifs is 1. The first-order chi connectivity index (χ1) is 19.7. The Balaban J connectivity index is 1.40. The minimum Gasteiger partial charge on any atom is -0.337 e. The van der Waals surface area contributed by atoms with Crippen molar-refractivity contribution in [3.05, 3.63) is 83.8 Å². The van der Waals surface area contributed by atoms with Crippen LogP contribution < -0.4 is 5.32 Å². The molecule has 1 saturated heterocycles. The number of halogens is 3. The molecule has 4 aromatic rings. The number of hydrogen-bond donors (Lipinski definition) is 1. The average Bonchev–Trinajstić information content (AvgIpc) is 3.38. The summed E-state index contributed by atoms with van der Waals surface area (Å²) in [4.78, 5) is 35.2. The topological polar surface area (TPSA) is 93.0 Å². The first-order valence-electron chi connectivity index (χ1n) is 13.4. The fourth-order valence-corrected chi connectivity index (χ4v) is 5.40. The summed E-state index contributed by atoms with van der Waals surface area (Å²) >= 11 is 6.58. The van der Waals surface area contributed by atoms with Gasteiger partial charge in [0.15, 0.2) is 0 Å². The zero-order valence-electron chi connectivity index (χ0n) is 22.5. The molecule has 41 heavy (non-hydrogen) atoms. The minimum absolute atomic E-state index is 0.0502. The van der Waals surface area contributed by atoms with Gasteiger partial charge < -0.3 is 10.2 Å². The lowest BCUT2D eigenvalue weighted by Gasteiger charge is -2.32. The van der Waals surface area contributed by atoms with Gasteiger partial charge in [-0.25, -0.2) is 13.8 Å². The average molecular weight is 579 g/mol. The highest BCUT2D eigenvalue weighted by atomic mass is 35.5. The van der Waals surface area contributed by atoms with Crippen LogP contribution in [0.25, 0.3) is 22.2 Å². The van der Waals surface area contributed by atoms with Crippen LogP contribution in [0.3, 0.4) is 0 Å². The van der Waals surface area contributed by atoms with E-state index in [1.807, 2.05) is 4.68 Å². The SMILES string of the molecule is C=CC(=O)N1CCC[C@@H](n2nc(-c3ccc(C(=O)Nc4cc(C(F)(F)CCC)ccn4)cc3)c3cncc(Cl)c32)C1. The van der Waals surface area contributed by atoms with E-state index < -0.39 is 11.8 Å². The van der Waals surface area contributed by atoms with E-state index in [0.717, 1.165) is 29.3 Å². The Morgan fingerprint density at radius 1 is 1.22 bits per heavy atom. The summed E-state index contributed by atoms with van der Waals surface area (Å²) in [7, 11) is 0. The summed E-state index contributed by atoms with van der Waals surface area (Å²) in [5.74, 6) is -3.55. The second kappa shape index (κ2) is 11.7. The smallest absolute Gasteiger partial charge is 0.273 e. The standard InChI is InChI=1S/C30H29ClF2N6O2/c1-3-12-30(32,33)21-11-13-35-25(15-21)36-29(41)20-9-7-19(8-10-20)27-23-16-34-17-24(31)28(23)39(37-27)22-6-5-14-38(18-22)26(40)4-2/h4,7-11,13,15-17,22H,2-3,5-6,12,14,18H2,1H3,(H,35,36,41)/t22-/m1/s1. The Morgan fingerprint density at radius 2 is 2.00 bits per heavy atom. The van der Waals surface area contributed by atoms with Crippen LogP contribution in [0.15, 0.2) is 67.6 Å². The number of hydrogen-bond acceptors (Lipinski definition) is 5. The Bertz CT molecular complexity index is 1600. The summed E-state index contributed by atoms with van der Waals surface area (Å²) in [5, 5.41) is 8.70. The van der Waals surface area contributed by atoms with Crippen LogP contribution in [0, 0.1) is 0 Å². The third kappa shape index (κ3) is 5.83. The van der Waals surface area contributed by atoms with Gasteiger partial charge in [0.2, 0.25) is 5.91 Å². The normalized spacial score (nSPS) is 15.6. The summed E-state index contributed by atoms with van der Waals surface area (Å²) in [6.45, 7) is 6.43. The monoisotopic (exact) mass is 578 g/mol. The number of aromatic nitrogens is 4. The molecule has 2 amide bonds. The second-order valence-corrected chi connectivity index (χ2v) is 10.4. The third-order valence-corrected chi connectivity index (χ3v) is 7.48. The predicted molar refractivity (Wildman–Crippen MR) is 154 cm³/mol. The van der Waals surface area contributed by atoms with E-state index in [9.17, 15) is 18.4 Å². The largest absolute Gasteiger partial charge is 0.337 e. The van der Waals surface area contributed by atoms with Gasteiger partial charge in [-0.3, -0.25) is 19.3 Å². The lowest BCUT2D eigenvalue weighted by molar-refractivity contribution is -0.127. The van der Waals surface area contributed by atoms with Crippen molar-refractivity contribution in [3.63, 3.8) is 0 Å². The molecule has 1 aliphatic heterocycles. The highest BCUT2D eigenvalue weighted by Gasteiger charge is 2.31. The molecular weight excluding hydrogens is 550 g/mol. The number of piperidine rings is 1. The number of rotatable bonds is 8. The molecule has 3 aromatic heterocycles. The number of likely N-dealkylation sites (tertiary alicyclic amines) is 1. The van der Waals surface area contributed by atoms with E-state index in [4.69, 9.17) is 16.7 Å². The van der Waals surface area contributed by atoms with E-state index in [1.54, 1.807) is 48.5 Å². The van der Waals surface area contributed by atoms with Crippen molar-refractivity contribution in [1.82, 2.24) is 24.6 Å². The maximum Gasteiger partial charge on any atom is 0.273 e. The number of carbonyl (C=O) groups is 2. The number of pyridine rings is 2. The van der Waals surface area contributed by atoms with Gasteiger partial charge in [-0.15, -0.1) is 0 Å². The third-order valence-electron chi connectivity index (χ3n) is 7.20. The van der Waals surface area contributed by atoms with Gasteiger partial charge in [-0.1, -0.05) is 43.7 Å². The Kier molecular flexibility index (Phi) is 8.12. The van der Waals surface area contributed by atoms with Crippen LogP contribution in [0.5, 0.6) is 0 Å². The van der Waals surface area contributed by atoms with Crippen LogP contribution >= 0.6 is 11.6 Å². The molecule has 1 aliphatic rings. The molecule has 212 valence electrons. The molecule has 0 spiro atoms. The van der Waals surface area contributed by atoms with Crippen molar-refractivity contribution in [3.8, 4) is 11.3 Å². The highest BCUT2D eigenvalue weighted by Crippen LogP contribution is 2.36. The summed E-state index contributed by atoms with van der Waals surface area (Å²) in [5.41, 5.74) is 2.24. The quantitative estimate of drug-likeness (QED) is 0.237. The van der Waals surface area contributed by atoms with Crippen LogP contribution in [-0.4, -0.2) is 49.6 Å². The molecular formula is C30H29ClF2N6O2. The van der Waals surface area contributed by atoms with E-state index in [0.29, 0.717) is 35.8 Å². The lowest BCUT2D eigenvalue weighted by atomic mass is 10.0. The van der Waals surface area contributed by atoms with Crippen molar-refractivity contribution in [1.29, 1.82) is 0 Å². The van der Waals surface area contributed by atoms with Crippen molar-refractivity contribution in [2.45, 2.75) is 44.6 Å². The molecule has 0 unspecified atom stereocenters. The number of anilines is 1. The van der Waals surface area contributed by atoms with Crippen LogP contribution in [0.2, 0.25) is 5.02 Å². The summed E-state index contributed by atoms with van der Waals surface area (Å²) < 4.78 is 30.6. The molecule has 0 saturated carbocycles. The maximum atomic E-state index is 14.3. The Labute approximate surface area is 241 Å². The molecule has 0 bridgehead atoms. The van der Waals surface area contributed by atoms with Crippen molar-refractivity contribution < 1.29 is 18.4 Å². The van der Waals surface area contributed by atoms with E-state index in [2.05, 4.69) is 21.9 Å². The minimum atomic E-state index is -3.00. The molecule has 0 aliphatic carbocycles. The van der Waals surface area contributed by atoms with E-state index in [1.165, 1.54) is 24.4 Å². The highest BCUT2D eigenvalue weighted by molar-refractivity contribution is 6.35. The molecule has 8 nitrogen and oxygen atoms in total. The van der Waals surface area contributed by atoms with Gasteiger partial charge in [0, 0.05) is 60.2 Å². The first kappa shape index (κ1) is 28.4. The lowest BCUT2D eigenvalue weighted by Crippen LogP contribution is -2.40. The fraction of sp³-hybridized carbons (Fsp3) is 0.300. The molecule has 1 N–H and O–H groups in total. The van der Waals surface area contributed by atoms with E-state index in [-0.39, 0.29) is 29.8 Å². The van der Waals surface area contributed by atoms with Gasteiger partial charge >= 0.3 is 0 Å². The molecule has 1 atom stereocenters. The number of nitrogens with one attached hydrogen (secondary N) is 1. The number of amides is 2. The van der Waals surface area contributed by atoms with Crippen molar-refractivity contribution in [2.24, 2.45) is 0 Å². The summed E-state index contributed by atoms with van der Waals surface area (Å²) in [6.07, 6.45) is 7.53. The number of nitrogens with zero attached hydrogens (tertiary/aromatic N) is 5. The molecule has 1 fully saturated rings. The first-order valence-corrected chi connectivity index (χ1v) is 13.8. The number of benzene rings is 1. The Morgan fingerprint density at radius 3 is 2.73 bits per heavy atom. The molecule has 11 heteroatoms. The molecule has 5 rings (SSSR count). The van der Waals surface area contributed by atoms with Gasteiger partial charge in [-0.2, -0.15) is 5.10 Å². The maximum absolute atomic E-state index is 14.3. The second-order valence-electron chi connectivity index (χ2n) is 10.0. The van der Waals surface area contributed by atoms with Crippen molar-refractivity contribution in [2.75, 3.05) is 18.4 Å². The van der Waals surface area contributed by atoms with Gasteiger partial charge in [-0.05, 0) is 43.2 Å². The van der Waals surface area contributed by atoms with Crippen LogP contribution in [-0.2, 0) is 10.7 Å². The zero-order valence-corrected chi connectivity index (χ0v) is 23.2. The van der Waals surface area contributed by atoms with Crippen molar-refractivity contribution >= 4 is 40.1 Å². The molecule has 1 aromatic carbocycles. The van der Waals surface area contributed by atoms with Gasteiger partial charge in [0.05, 0.1) is 16.6 Å². The fourth-order valence-electron chi connectivity index (χ4n) is 5.16. The molecule has 4 heterocycles. The molecule has 0 radical (unpaired) electrons. The van der Waals surface area contributed by atoms with Crippen LogP contribution in [0.1, 0.15) is 54.6 Å². The van der Waals surface area contributed by atoms with Crippen LogP contribution in [0.4, 0.5) is 14.6 Å². The summed E-state index contributed by atoms with van der Waals surface area (Å²) in [6, 6.07) is 9.16. The van der Waals surface area contributed by atoms with Gasteiger partial charge in [0.1, 0.15) is 11.5 Å². The number of carbonyl (C=O) groups excluding carboxylic acids is 2. The van der Waals surface area contributed by atoms with E-state index >= 15 is 0 Å². The Hall–Kier alpha value is -4.18. The van der Waals surface area contributed by atoms with Gasteiger partial charge in [0.25, 0.3) is 11.8 Å².